The number of fused-ring (bicyclic) bond motifs is 2. The summed E-state index contributed by atoms with van der Waals surface area (Å²) < 4.78 is 39.6. The molecule has 1 aliphatic heterocycles. The van der Waals surface area contributed by atoms with Crippen molar-refractivity contribution >= 4 is 21.0 Å². The number of hydrogen-bond acceptors (Lipinski definition) is 5. The molecule has 1 N–H and O–H groups in total. The van der Waals surface area contributed by atoms with Crippen molar-refractivity contribution in [2.75, 3.05) is 27.2 Å². The number of para-hydroxylation sites is 1. The fraction of sp³-hybridized carbons (Fsp3) is 0.300. The summed E-state index contributed by atoms with van der Waals surface area (Å²) in [7, 11) is 0.181. The fourth-order valence-corrected chi connectivity index (χ4v) is 4.39. The summed E-state index contributed by atoms with van der Waals surface area (Å²) in [5.41, 5.74) is 1.72. The normalized spacial score (nSPS) is 15.1. The van der Waals surface area contributed by atoms with Crippen molar-refractivity contribution in [3.63, 3.8) is 0 Å². The van der Waals surface area contributed by atoms with Crippen molar-refractivity contribution in [2.24, 2.45) is 0 Å². The zero-order valence-electron chi connectivity index (χ0n) is 15.3. The van der Waals surface area contributed by atoms with Crippen LogP contribution < -0.4 is 9.46 Å². The van der Waals surface area contributed by atoms with Gasteiger partial charge in [-0.3, -0.25) is 4.90 Å². The Kier molecular flexibility index (Phi) is 4.67. The molecule has 1 aliphatic rings. The van der Waals surface area contributed by atoms with E-state index in [1.807, 2.05) is 49.3 Å². The van der Waals surface area contributed by atoms with Gasteiger partial charge in [-0.25, -0.2) is 13.1 Å². The van der Waals surface area contributed by atoms with Gasteiger partial charge in [0.1, 0.15) is 17.1 Å². The Bertz CT molecular complexity index is 1040. The Morgan fingerprint density at radius 1 is 1.15 bits per heavy atom. The average Bonchev–Trinajstić information content (AvgIpc) is 3.27. The summed E-state index contributed by atoms with van der Waals surface area (Å²) in [5.74, 6) is 1.49. The molecule has 0 unspecified atom stereocenters. The van der Waals surface area contributed by atoms with Crippen molar-refractivity contribution in [1.29, 1.82) is 0 Å². The first-order valence-electron chi connectivity index (χ1n) is 8.84. The van der Waals surface area contributed by atoms with Crippen LogP contribution in [0.5, 0.6) is 5.75 Å². The second-order valence-corrected chi connectivity index (χ2v) is 8.65. The Balaban J connectivity index is 1.55. The predicted octanol–water partition coefficient (Wildman–Crippen LogP) is 2.95. The van der Waals surface area contributed by atoms with Gasteiger partial charge in [-0.2, -0.15) is 0 Å². The molecule has 2 aromatic carbocycles. The summed E-state index contributed by atoms with van der Waals surface area (Å²) in [6, 6.07) is 14.5. The molecule has 0 spiro atoms. The van der Waals surface area contributed by atoms with Crippen LogP contribution in [0.1, 0.15) is 17.4 Å². The maximum atomic E-state index is 12.8. The van der Waals surface area contributed by atoms with E-state index in [0.29, 0.717) is 6.61 Å². The molecule has 6 nitrogen and oxygen atoms in total. The highest BCUT2D eigenvalue weighted by molar-refractivity contribution is 7.89. The van der Waals surface area contributed by atoms with Gasteiger partial charge in [-0.15, -0.1) is 0 Å². The molecule has 0 saturated heterocycles. The number of nitrogens with zero attached hydrogens (tertiary/aromatic N) is 1. The molecule has 4 rings (SSSR count). The smallest absolute Gasteiger partial charge is 0.240 e. The van der Waals surface area contributed by atoms with Crippen molar-refractivity contribution in [1.82, 2.24) is 9.62 Å². The van der Waals surface area contributed by atoms with Crippen LogP contribution >= 0.6 is 0 Å². The number of rotatable bonds is 6. The van der Waals surface area contributed by atoms with E-state index in [0.717, 1.165) is 34.5 Å². The van der Waals surface area contributed by atoms with Gasteiger partial charge in [0.25, 0.3) is 0 Å². The molecule has 0 aliphatic carbocycles. The number of ether oxygens (including phenoxy) is 1. The van der Waals surface area contributed by atoms with Crippen LogP contribution in [0.25, 0.3) is 11.0 Å². The number of nitrogens with one attached hydrogen (secondary N) is 1. The number of hydrogen-bond donors (Lipinski definition) is 1. The first-order valence-corrected chi connectivity index (χ1v) is 10.3. The zero-order chi connectivity index (χ0) is 19.0. The molecule has 0 radical (unpaired) electrons. The number of sulfonamides is 1. The Hall–Kier alpha value is -2.35. The lowest BCUT2D eigenvalue weighted by atomic mass is 10.2. The molecule has 27 heavy (non-hydrogen) atoms. The SMILES string of the molecule is CN(C)[C@@H](CNS(=O)(=O)c1ccc2c(c1)CCO2)c1cc2ccccc2o1. The number of furan rings is 1. The van der Waals surface area contributed by atoms with Crippen molar-refractivity contribution in [3.8, 4) is 5.75 Å². The summed E-state index contributed by atoms with van der Waals surface area (Å²) in [4.78, 5) is 2.20. The van der Waals surface area contributed by atoms with Gasteiger partial charge in [0.15, 0.2) is 0 Å². The molecule has 3 aromatic rings. The monoisotopic (exact) mass is 386 g/mol. The first kappa shape index (κ1) is 18.0. The minimum Gasteiger partial charge on any atom is -0.493 e. The Morgan fingerprint density at radius 2 is 1.96 bits per heavy atom. The van der Waals surface area contributed by atoms with Crippen LogP contribution in [-0.4, -0.2) is 40.6 Å². The van der Waals surface area contributed by atoms with Crippen LogP contribution in [0.4, 0.5) is 0 Å². The van der Waals surface area contributed by atoms with E-state index in [1.165, 1.54) is 0 Å². The average molecular weight is 386 g/mol. The molecule has 142 valence electrons. The maximum Gasteiger partial charge on any atom is 0.240 e. The van der Waals surface area contributed by atoms with E-state index in [1.54, 1.807) is 18.2 Å². The van der Waals surface area contributed by atoms with Gasteiger partial charge < -0.3 is 9.15 Å². The lowest BCUT2D eigenvalue weighted by Crippen LogP contribution is -2.34. The molecule has 2 heterocycles. The van der Waals surface area contributed by atoms with Crippen molar-refractivity contribution in [3.05, 3.63) is 59.9 Å². The molecule has 1 aromatic heterocycles. The zero-order valence-corrected chi connectivity index (χ0v) is 16.1. The van der Waals surface area contributed by atoms with E-state index in [9.17, 15) is 8.42 Å². The lowest BCUT2D eigenvalue weighted by molar-refractivity contribution is 0.264. The molecule has 0 fully saturated rings. The van der Waals surface area contributed by atoms with E-state index < -0.39 is 10.0 Å². The van der Waals surface area contributed by atoms with E-state index in [4.69, 9.17) is 9.15 Å². The molecule has 1 atom stereocenters. The van der Waals surface area contributed by atoms with Gasteiger partial charge in [0, 0.05) is 18.4 Å². The summed E-state index contributed by atoms with van der Waals surface area (Å²) in [6.07, 6.45) is 0.734. The summed E-state index contributed by atoms with van der Waals surface area (Å²) >= 11 is 0. The second kappa shape index (κ2) is 6.99. The number of likely N-dealkylation sites (N-methyl/N-ethyl adjacent to an activating group) is 1. The van der Waals surface area contributed by atoms with E-state index >= 15 is 0 Å². The molecule has 0 amide bonds. The van der Waals surface area contributed by atoms with E-state index in [2.05, 4.69) is 4.72 Å². The van der Waals surface area contributed by atoms with Gasteiger partial charge in [-0.1, -0.05) is 18.2 Å². The van der Waals surface area contributed by atoms with Crippen LogP contribution in [0.2, 0.25) is 0 Å². The van der Waals surface area contributed by atoms with Crippen molar-refractivity contribution in [2.45, 2.75) is 17.4 Å². The third-order valence-corrected chi connectivity index (χ3v) is 6.26. The highest BCUT2D eigenvalue weighted by atomic mass is 32.2. The Morgan fingerprint density at radius 3 is 2.74 bits per heavy atom. The lowest BCUT2D eigenvalue weighted by Gasteiger charge is -2.22. The van der Waals surface area contributed by atoms with Gasteiger partial charge in [-0.05, 0) is 50.0 Å². The van der Waals surface area contributed by atoms with E-state index in [-0.39, 0.29) is 17.5 Å². The third kappa shape index (κ3) is 3.58. The Labute approximate surface area is 158 Å². The molecular formula is C20H22N2O4S. The van der Waals surface area contributed by atoms with Crippen LogP contribution in [-0.2, 0) is 16.4 Å². The quantitative estimate of drug-likeness (QED) is 0.705. The van der Waals surface area contributed by atoms with Crippen molar-refractivity contribution < 1.29 is 17.6 Å². The largest absolute Gasteiger partial charge is 0.493 e. The van der Waals surface area contributed by atoms with Gasteiger partial charge >= 0.3 is 0 Å². The summed E-state index contributed by atoms with van der Waals surface area (Å²) in [5, 5.41) is 1.00. The minimum atomic E-state index is -3.62. The molecule has 0 saturated carbocycles. The highest BCUT2D eigenvalue weighted by Crippen LogP contribution is 2.29. The second-order valence-electron chi connectivity index (χ2n) is 6.89. The van der Waals surface area contributed by atoms with Crippen LogP contribution in [0, 0.1) is 0 Å². The predicted molar refractivity (Wildman–Crippen MR) is 103 cm³/mol. The highest BCUT2D eigenvalue weighted by Gasteiger charge is 2.24. The van der Waals surface area contributed by atoms with Crippen LogP contribution in [0.15, 0.2) is 57.8 Å². The minimum absolute atomic E-state index is 0.211. The van der Waals surface area contributed by atoms with Crippen LogP contribution in [0.3, 0.4) is 0 Å². The van der Waals surface area contributed by atoms with Gasteiger partial charge in [0.2, 0.25) is 10.0 Å². The number of benzene rings is 2. The topological polar surface area (TPSA) is 71.8 Å². The standard InChI is InChI=1S/C20H22N2O4S/c1-22(2)17(20-12-14-5-3-4-6-19(14)26-20)13-21-27(23,24)16-7-8-18-15(11-16)9-10-25-18/h3-8,11-12,17,21H,9-10,13H2,1-2H3/t17-/m0/s1. The van der Waals surface area contributed by atoms with Gasteiger partial charge in [0.05, 0.1) is 17.5 Å². The third-order valence-electron chi connectivity index (χ3n) is 4.83. The molecule has 0 bridgehead atoms. The fourth-order valence-electron chi connectivity index (χ4n) is 3.31. The summed E-state index contributed by atoms with van der Waals surface area (Å²) in [6.45, 7) is 0.809. The molecule has 7 heteroatoms. The first-order chi connectivity index (χ1) is 12.9. The molecular weight excluding hydrogens is 364 g/mol. The maximum absolute atomic E-state index is 12.8.